The lowest BCUT2D eigenvalue weighted by Gasteiger charge is -2.26. The van der Waals surface area contributed by atoms with Crippen LogP contribution in [0.3, 0.4) is 0 Å². The van der Waals surface area contributed by atoms with Gasteiger partial charge in [0.05, 0.1) is 30.1 Å². The van der Waals surface area contributed by atoms with Crippen LogP contribution in [0.2, 0.25) is 0 Å². The molecule has 2 aliphatic rings. The molecule has 1 aromatic heterocycles. The van der Waals surface area contributed by atoms with Gasteiger partial charge in [-0.15, -0.1) is 0 Å². The van der Waals surface area contributed by atoms with Crippen LogP contribution in [-0.2, 0) is 11.3 Å². The lowest BCUT2D eigenvalue weighted by atomic mass is 9.96. The van der Waals surface area contributed by atoms with Crippen LogP contribution in [0.25, 0.3) is 22.9 Å². The summed E-state index contributed by atoms with van der Waals surface area (Å²) < 4.78 is 2.20. The average Bonchev–Trinajstić information content (AvgIpc) is 3.28. The number of nitriles is 1. The molecule has 1 fully saturated rings. The Hall–Kier alpha value is -4.44. The maximum Gasteiger partial charge on any atom is 0.254 e. The predicted octanol–water partition coefficient (Wildman–Crippen LogP) is 3.88. The lowest BCUT2D eigenvalue weighted by molar-refractivity contribution is -0.123. The topological polar surface area (TPSA) is 91.0 Å². The third-order valence-corrected chi connectivity index (χ3v) is 6.53. The van der Waals surface area contributed by atoms with Gasteiger partial charge >= 0.3 is 0 Å². The number of carbonyl (C=O) groups is 2. The Morgan fingerprint density at radius 2 is 1.77 bits per heavy atom. The molecule has 0 unspecified atom stereocenters. The zero-order valence-corrected chi connectivity index (χ0v) is 19.5. The normalized spacial score (nSPS) is 15.7. The predicted molar refractivity (Wildman–Crippen MR) is 134 cm³/mol. The fourth-order valence-electron chi connectivity index (χ4n) is 4.55. The van der Waals surface area contributed by atoms with Gasteiger partial charge in [0.15, 0.2) is 0 Å². The summed E-state index contributed by atoms with van der Waals surface area (Å²) in [5.41, 5.74) is 6.69. The molecule has 0 bridgehead atoms. The van der Waals surface area contributed by atoms with Crippen LogP contribution in [0.4, 0.5) is 0 Å². The molecule has 7 nitrogen and oxygen atoms in total. The summed E-state index contributed by atoms with van der Waals surface area (Å²) in [4.78, 5) is 30.6. The Morgan fingerprint density at radius 3 is 2.49 bits per heavy atom. The highest BCUT2D eigenvalue weighted by molar-refractivity contribution is 5.97. The van der Waals surface area contributed by atoms with Crippen molar-refractivity contribution in [2.75, 3.05) is 19.6 Å². The summed E-state index contributed by atoms with van der Waals surface area (Å²) in [6, 6.07) is 17.3. The Bertz CT molecular complexity index is 1390. The van der Waals surface area contributed by atoms with Crippen molar-refractivity contribution in [1.82, 2.24) is 19.8 Å². The Kier molecular flexibility index (Phi) is 6.02. The second-order valence-electron chi connectivity index (χ2n) is 8.77. The number of benzene rings is 2. The summed E-state index contributed by atoms with van der Waals surface area (Å²) >= 11 is 0. The molecule has 1 N–H and O–H groups in total. The molecule has 2 amide bonds. The third kappa shape index (κ3) is 4.51. The summed E-state index contributed by atoms with van der Waals surface area (Å²) in [5.74, 6) is 0.634. The van der Waals surface area contributed by atoms with Crippen LogP contribution in [0.5, 0.6) is 0 Å². The van der Waals surface area contributed by atoms with Gasteiger partial charge in [0.2, 0.25) is 5.91 Å². The van der Waals surface area contributed by atoms with Crippen molar-refractivity contribution in [3.63, 3.8) is 0 Å². The summed E-state index contributed by atoms with van der Waals surface area (Å²) in [6.07, 6.45) is 6.84. The van der Waals surface area contributed by atoms with E-state index in [0.29, 0.717) is 24.2 Å². The molecule has 5 rings (SSSR count). The quantitative estimate of drug-likeness (QED) is 0.638. The van der Waals surface area contributed by atoms with Crippen LogP contribution < -0.4 is 5.32 Å². The standard InChI is InChI=1S/C28H25N5O2/c1-19-12-14-33-25(22-4-2-20(16-29)3-5-22)17-31-26(33)11-10-24(19)21-6-8-23(9-7-21)28(35)32-15-13-30-27(34)18-32/h2-11,17H,12-15,18H2,1H3,(H,30,34). The maximum absolute atomic E-state index is 12.8. The van der Waals surface area contributed by atoms with Crippen LogP contribution in [0, 0.1) is 11.3 Å². The van der Waals surface area contributed by atoms with Gasteiger partial charge in [0.1, 0.15) is 5.82 Å². The summed E-state index contributed by atoms with van der Waals surface area (Å²) in [7, 11) is 0. The SMILES string of the molecule is CC1=C(c2ccc(C(=O)N3CCNC(=O)C3)cc2)C=Cc2ncc(-c3ccc(C#N)cc3)n2CC1. The van der Waals surface area contributed by atoms with Crippen molar-refractivity contribution >= 4 is 23.5 Å². The highest BCUT2D eigenvalue weighted by Crippen LogP contribution is 2.29. The zero-order chi connectivity index (χ0) is 24.4. The second-order valence-corrected chi connectivity index (χ2v) is 8.77. The van der Waals surface area contributed by atoms with Gasteiger partial charge in [-0.05, 0) is 60.4 Å². The van der Waals surface area contributed by atoms with E-state index >= 15 is 0 Å². The molecule has 174 valence electrons. The zero-order valence-electron chi connectivity index (χ0n) is 19.5. The largest absolute Gasteiger partial charge is 0.353 e. The van der Waals surface area contributed by atoms with Gasteiger partial charge in [0, 0.05) is 25.2 Å². The molecule has 0 saturated carbocycles. The van der Waals surface area contributed by atoms with Gasteiger partial charge in [-0.3, -0.25) is 9.59 Å². The van der Waals surface area contributed by atoms with E-state index in [9.17, 15) is 9.59 Å². The number of rotatable bonds is 3. The Morgan fingerprint density at radius 1 is 1.03 bits per heavy atom. The molecule has 0 spiro atoms. The Balaban J connectivity index is 1.38. The number of piperazine rings is 1. The first-order valence-corrected chi connectivity index (χ1v) is 11.6. The number of carbonyl (C=O) groups excluding carboxylic acids is 2. The summed E-state index contributed by atoms with van der Waals surface area (Å²) in [5, 5.41) is 11.8. The van der Waals surface area contributed by atoms with E-state index < -0.39 is 0 Å². The smallest absolute Gasteiger partial charge is 0.254 e. The fraction of sp³-hybridized carbons (Fsp3) is 0.214. The first-order valence-electron chi connectivity index (χ1n) is 11.6. The first kappa shape index (κ1) is 22.4. The number of fused-ring (bicyclic) bond motifs is 1. The fourth-order valence-corrected chi connectivity index (χ4v) is 4.55. The van der Waals surface area contributed by atoms with Gasteiger partial charge in [-0.1, -0.05) is 35.9 Å². The van der Waals surface area contributed by atoms with Crippen molar-refractivity contribution in [3.05, 3.63) is 88.9 Å². The molecule has 35 heavy (non-hydrogen) atoms. The number of aromatic nitrogens is 2. The van der Waals surface area contributed by atoms with Crippen molar-refractivity contribution < 1.29 is 9.59 Å². The number of allylic oxidation sites excluding steroid dienone is 3. The van der Waals surface area contributed by atoms with Crippen molar-refractivity contribution in [3.8, 4) is 17.3 Å². The van der Waals surface area contributed by atoms with Gasteiger partial charge in [-0.25, -0.2) is 4.98 Å². The lowest BCUT2D eigenvalue weighted by Crippen LogP contribution is -2.49. The average molecular weight is 464 g/mol. The van der Waals surface area contributed by atoms with Crippen molar-refractivity contribution in [2.24, 2.45) is 0 Å². The first-order chi connectivity index (χ1) is 17.0. The number of amides is 2. The van der Waals surface area contributed by atoms with Crippen LogP contribution in [-0.4, -0.2) is 45.9 Å². The molecule has 2 aliphatic heterocycles. The molecule has 0 atom stereocenters. The van der Waals surface area contributed by atoms with Crippen LogP contribution in [0.1, 0.15) is 40.7 Å². The highest BCUT2D eigenvalue weighted by atomic mass is 16.2. The molecule has 3 aromatic rings. The maximum atomic E-state index is 12.8. The minimum atomic E-state index is -0.123. The number of hydrogen-bond acceptors (Lipinski definition) is 4. The van der Waals surface area contributed by atoms with Crippen molar-refractivity contribution in [2.45, 2.75) is 19.9 Å². The van der Waals surface area contributed by atoms with Crippen molar-refractivity contribution in [1.29, 1.82) is 5.26 Å². The van der Waals surface area contributed by atoms with E-state index in [0.717, 1.165) is 41.2 Å². The minimum absolute atomic E-state index is 0.102. The number of nitrogens with zero attached hydrogens (tertiary/aromatic N) is 4. The van der Waals surface area contributed by atoms with Gasteiger partial charge in [0.25, 0.3) is 5.91 Å². The molecule has 3 heterocycles. The van der Waals surface area contributed by atoms with E-state index in [4.69, 9.17) is 5.26 Å². The molecular formula is C28H25N5O2. The molecule has 1 saturated heterocycles. The van der Waals surface area contributed by atoms with E-state index in [-0.39, 0.29) is 18.4 Å². The van der Waals surface area contributed by atoms with Crippen LogP contribution >= 0.6 is 0 Å². The third-order valence-electron chi connectivity index (χ3n) is 6.53. The van der Waals surface area contributed by atoms with Gasteiger partial charge < -0.3 is 14.8 Å². The van der Waals surface area contributed by atoms with Gasteiger partial charge in [-0.2, -0.15) is 5.26 Å². The monoisotopic (exact) mass is 463 g/mol. The van der Waals surface area contributed by atoms with E-state index in [2.05, 4.69) is 33.9 Å². The Labute approximate surface area is 204 Å². The molecule has 0 radical (unpaired) electrons. The molecule has 2 aromatic carbocycles. The number of hydrogen-bond donors (Lipinski definition) is 1. The highest BCUT2D eigenvalue weighted by Gasteiger charge is 2.22. The van der Waals surface area contributed by atoms with Crippen LogP contribution in [0.15, 0.2) is 66.4 Å². The summed E-state index contributed by atoms with van der Waals surface area (Å²) in [6.45, 7) is 4.04. The van der Waals surface area contributed by atoms with E-state index in [1.165, 1.54) is 5.57 Å². The molecule has 0 aliphatic carbocycles. The number of nitrogens with one attached hydrogen (secondary N) is 1. The van der Waals surface area contributed by atoms with E-state index in [1.807, 2.05) is 60.8 Å². The van der Waals surface area contributed by atoms with E-state index in [1.54, 1.807) is 4.90 Å². The number of imidazole rings is 1. The second kappa shape index (κ2) is 9.43. The minimum Gasteiger partial charge on any atom is -0.353 e. The molecular weight excluding hydrogens is 438 g/mol. The molecule has 7 heteroatoms.